The summed E-state index contributed by atoms with van der Waals surface area (Å²) in [6.07, 6.45) is 1.89. The number of likely N-dealkylation sites (tertiary alicyclic amines) is 1. The molecule has 0 aromatic heterocycles. The van der Waals surface area contributed by atoms with Crippen LogP contribution in [0.25, 0.3) is 0 Å². The first-order chi connectivity index (χ1) is 6.16. The number of hydrogen-bond acceptors (Lipinski definition) is 3. The van der Waals surface area contributed by atoms with Gasteiger partial charge in [0.05, 0.1) is 6.07 Å². The van der Waals surface area contributed by atoms with E-state index in [0.717, 1.165) is 13.1 Å². The van der Waals surface area contributed by atoms with Crippen LogP contribution in [0.3, 0.4) is 0 Å². The zero-order chi connectivity index (χ0) is 9.84. The predicted octanol–water partition coefficient (Wildman–Crippen LogP) is 0.924. The van der Waals surface area contributed by atoms with Crippen molar-refractivity contribution in [3.63, 3.8) is 0 Å². The minimum Gasteiger partial charge on any atom is -0.305 e. The fraction of sp³-hybridized carbons (Fsp3) is 0.900. The molecule has 0 spiro atoms. The van der Waals surface area contributed by atoms with Crippen LogP contribution in [0.5, 0.6) is 0 Å². The third-order valence-corrected chi connectivity index (χ3v) is 3.02. The van der Waals surface area contributed by atoms with Crippen LogP contribution in [-0.2, 0) is 0 Å². The molecular weight excluding hydrogens is 162 g/mol. The van der Waals surface area contributed by atoms with E-state index in [9.17, 15) is 0 Å². The summed E-state index contributed by atoms with van der Waals surface area (Å²) in [7, 11) is 4.27. The molecule has 0 saturated carbocycles. The average Bonchev–Trinajstić information content (AvgIpc) is 2.43. The zero-order valence-electron chi connectivity index (χ0n) is 8.82. The average molecular weight is 181 g/mol. The van der Waals surface area contributed by atoms with E-state index in [0.29, 0.717) is 18.5 Å². The Hall–Kier alpha value is -0.590. The minimum atomic E-state index is 0.600. The molecule has 1 saturated heterocycles. The molecule has 0 aromatic rings. The Bertz CT molecular complexity index is 195. The Balaban J connectivity index is 2.41. The van der Waals surface area contributed by atoms with Crippen molar-refractivity contribution >= 4 is 0 Å². The molecule has 74 valence electrons. The second-order valence-corrected chi connectivity index (χ2v) is 4.00. The fourth-order valence-electron chi connectivity index (χ4n) is 2.19. The van der Waals surface area contributed by atoms with Gasteiger partial charge < -0.3 is 4.90 Å². The first kappa shape index (κ1) is 10.5. The van der Waals surface area contributed by atoms with E-state index in [2.05, 4.69) is 36.9 Å². The van der Waals surface area contributed by atoms with Crippen molar-refractivity contribution in [1.82, 2.24) is 9.80 Å². The lowest BCUT2D eigenvalue weighted by Crippen LogP contribution is -2.40. The Kier molecular flexibility index (Phi) is 3.71. The molecule has 2 unspecified atom stereocenters. The zero-order valence-corrected chi connectivity index (χ0v) is 8.82. The molecule has 0 amide bonds. The summed E-state index contributed by atoms with van der Waals surface area (Å²) in [6.45, 7) is 4.34. The highest BCUT2D eigenvalue weighted by Gasteiger charge is 2.31. The molecule has 0 radical (unpaired) electrons. The van der Waals surface area contributed by atoms with E-state index >= 15 is 0 Å². The van der Waals surface area contributed by atoms with Crippen LogP contribution in [0, 0.1) is 11.3 Å². The van der Waals surface area contributed by atoms with Gasteiger partial charge in [0.2, 0.25) is 0 Å². The summed E-state index contributed by atoms with van der Waals surface area (Å²) < 4.78 is 0. The summed E-state index contributed by atoms with van der Waals surface area (Å²) in [6, 6.07) is 3.47. The van der Waals surface area contributed by atoms with E-state index < -0.39 is 0 Å². The number of likely N-dealkylation sites (N-methyl/N-ethyl adjacent to an activating group) is 1. The summed E-state index contributed by atoms with van der Waals surface area (Å²) in [5.41, 5.74) is 0. The van der Waals surface area contributed by atoms with Gasteiger partial charge in [-0.3, -0.25) is 4.90 Å². The van der Waals surface area contributed by atoms with Crippen LogP contribution in [0.15, 0.2) is 0 Å². The number of nitrogens with zero attached hydrogens (tertiary/aromatic N) is 3. The Morgan fingerprint density at radius 3 is 2.69 bits per heavy atom. The maximum absolute atomic E-state index is 8.50. The van der Waals surface area contributed by atoms with Crippen molar-refractivity contribution in [2.45, 2.75) is 31.8 Å². The molecule has 0 aromatic carbocycles. The molecule has 13 heavy (non-hydrogen) atoms. The summed E-state index contributed by atoms with van der Waals surface area (Å²) in [5, 5.41) is 8.50. The summed E-state index contributed by atoms with van der Waals surface area (Å²) in [4.78, 5) is 4.70. The molecule has 1 aliphatic heterocycles. The van der Waals surface area contributed by atoms with Crippen LogP contribution < -0.4 is 0 Å². The Labute approximate surface area is 80.9 Å². The first-order valence-electron chi connectivity index (χ1n) is 4.94. The normalized spacial score (nSPS) is 29.5. The molecule has 1 aliphatic rings. The van der Waals surface area contributed by atoms with Gasteiger partial charge in [-0.1, -0.05) is 0 Å². The summed E-state index contributed by atoms with van der Waals surface area (Å²) >= 11 is 0. The van der Waals surface area contributed by atoms with Gasteiger partial charge in [-0.2, -0.15) is 5.26 Å². The van der Waals surface area contributed by atoms with E-state index in [1.807, 2.05) is 0 Å². The quantitative estimate of drug-likeness (QED) is 0.648. The number of hydrogen-bond donors (Lipinski definition) is 0. The standard InChI is InChI=1S/C10H19N3/c1-9-10(12(2)3)5-8-13(9)7-4-6-11/h9-10H,4-5,7-8H2,1-3H3. The lowest BCUT2D eigenvalue weighted by atomic mass is 10.1. The van der Waals surface area contributed by atoms with Gasteiger partial charge >= 0.3 is 0 Å². The molecule has 1 rings (SSSR count). The topological polar surface area (TPSA) is 30.3 Å². The predicted molar refractivity (Wildman–Crippen MR) is 53.4 cm³/mol. The molecule has 3 nitrogen and oxygen atoms in total. The minimum absolute atomic E-state index is 0.600. The van der Waals surface area contributed by atoms with Gasteiger partial charge in [0.1, 0.15) is 0 Å². The van der Waals surface area contributed by atoms with E-state index in [1.165, 1.54) is 6.42 Å². The molecule has 3 heteroatoms. The third-order valence-electron chi connectivity index (χ3n) is 3.02. The van der Waals surface area contributed by atoms with Gasteiger partial charge in [-0.15, -0.1) is 0 Å². The molecule has 0 bridgehead atoms. The van der Waals surface area contributed by atoms with Gasteiger partial charge in [-0.25, -0.2) is 0 Å². The van der Waals surface area contributed by atoms with E-state index in [4.69, 9.17) is 5.26 Å². The first-order valence-corrected chi connectivity index (χ1v) is 4.94. The van der Waals surface area contributed by atoms with Gasteiger partial charge in [0, 0.05) is 31.6 Å². The third kappa shape index (κ3) is 2.43. The highest BCUT2D eigenvalue weighted by atomic mass is 15.3. The monoisotopic (exact) mass is 181 g/mol. The fourth-order valence-corrected chi connectivity index (χ4v) is 2.19. The van der Waals surface area contributed by atoms with Gasteiger partial charge in [0.25, 0.3) is 0 Å². The van der Waals surface area contributed by atoms with Crippen molar-refractivity contribution in [3.05, 3.63) is 0 Å². The van der Waals surface area contributed by atoms with Crippen molar-refractivity contribution in [2.24, 2.45) is 0 Å². The van der Waals surface area contributed by atoms with E-state index in [1.54, 1.807) is 0 Å². The molecule has 1 heterocycles. The van der Waals surface area contributed by atoms with Crippen molar-refractivity contribution in [3.8, 4) is 6.07 Å². The van der Waals surface area contributed by atoms with Crippen LogP contribution in [0.2, 0.25) is 0 Å². The van der Waals surface area contributed by atoms with Crippen molar-refractivity contribution in [1.29, 1.82) is 5.26 Å². The van der Waals surface area contributed by atoms with Gasteiger partial charge in [0.15, 0.2) is 0 Å². The Morgan fingerprint density at radius 2 is 2.23 bits per heavy atom. The summed E-state index contributed by atoms with van der Waals surface area (Å²) in [5.74, 6) is 0. The van der Waals surface area contributed by atoms with Crippen LogP contribution in [0.4, 0.5) is 0 Å². The van der Waals surface area contributed by atoms with Crippen LogP contribution in [-0.4, -0.2) is 49.1 Å². The maximum Gasteiger partial charge on any atom is 0.0635 e. The largest absolute Gasteiger partial charge is 0.305 e. The Morgan fingerprint density at radius 1 is 1.54 bits per heavy atom. The molecule has 2 atom stereocenters. The lowest BCUT2D eigenvalue weighted by molar-refractivity contribution is 0.201. The molecule has 1 fully saturated rings. The molecule has 0 N–H and O–H groups in total. The second kappa shape index (κ2) is 4.59. The maximum atomic E-state index is 8.50. The SMILES string of the molecule is CC1C(N(C)C)CCN1CCC#N. The van der Waals surface area contributed by atoms with Gasteiger partial charge in [-0.05, 0) is 27.4 Å². The lowest BCUT2D eigenvalue weighted by Gasteiger charge is -2.27. The highest BCUT2D eigenvalue weighted by Crippen LogP contribution is 2.20. The van der Waals surface area contributed by atoms with Crippen molar-refractivity contribution < 1.29 is 0 Å². The number of nitriles is 1. The number of rotatable bonds is 3. The van der Waals surface area contributed by atoms with Crippen LogP contribution in [0.1, 0.15) is 19.8 Å². The molecular formula is C10H19N3. The smallest absolute Gasteiger partial charge is 0.0635 e. The second-order valence-electron chi connectivity index (χ2n) is 4.00. The van der Waals surface area contributed by atoms with E-state index in [-0.39, 0.29) is 0 Å². The highest BCUT2D eigenvalue weighted by molar-refractivity contribution is 4.89. The van der Waals surface area contributed by atoms with Crippen molar-refractivity contribution in [2.75, 3.05) is 27.2 Å². The van der Waals surface area contributed by atoms with Crippen LogP contribution >= 0.6 is 0 Å². The molecule has 0 aliphatic carbocycles.